The highest BCUT2D eigenvalue weighted by molar-refractivity contribution is 6.28. The normalized spacial score (nSPS) is 10.6. The molecule has 8 nitrogen and oxygen atoms in total. The first-order chi connectivity index (χ1) is 10.2. The van der Waals surface area contributed by atoms with Crippen molar-refractivity contribution in [1.82, 2.24) is 29.7 Å². The van der Waals surface area contributed by atoms with E-state index in [2.05, 4.69) is 25.0 Å². The summed E-state index contributed by atoms with van der Waals surface area (Å²) in [6.45, 7) is -0.0840. The fourth-order valence-electron chi connectivity index (χ4n) is 1.59. The number of aromatic nitrogens is 6. The molecular formula is C12H9ClN6O2. The van der Waals surface area contributed by atoms with Crippen LogP contribution in [0.1, 0.15) is 5.56 Å². The number of nitrogens with zero attached hydrogens (tertiary/aromatic N) is 6. The molecule has 0 aliphatic carbocycles. The number of hydrogen-bond donors (Lipinski definition) is 1. The van der Waals surface area contributed by atoms with E-state index in [0.717, 1.165) is 0 Å². The lowest BCUT2D eigenvalue weighted by Crippen LogP contribution is -2.05. The molecule has 0 fully saturated rings. The molecule has 1 N–H and O–H groups in total. The van der Waals surface area contributed by atoms with Crippen LogP contribution in [0.5, 0.6) is 11.8 Å². The van der Waals surface area contributed by atoms with E-state index in [9.17, 15) is 0 Å². The van der Waals surface area contributed by atoms with Gasteiger partial charge in [0, 0.05) is 0 Å². The summed E-state index contributed by atoms with van der Waals surface area (Å²) in [6.07, 6.45) is 2.78. The highest BCUT2D eigenvalue weighted by Crippen LogP contribution is 2.20. The second kappa shape index (κ2) is 5.81. The standard InChI is InChI=1S/C12H9ClN6O2/c13-10-16-11(19-7-14-6-15-19)18-12(17-10)21-9-3-1-2-8(4-9)5-20/h1-4,6-7,20H,5H2. The maximum atomic E-state index is 9.10. The molecular weight excluding hydrogens is 296 g/mol. The van der Waals surface area contributed by atoms with Gasteiger partial charge in [0.2, 0.25) is 5.28 Å². The minimum Gasteiger partial charge on any atom is -0.424 e. The van der Waals surface area contributed by atoms with Gasteiger partial charge in [0.15, 0.2) is 0 Å². The molecule has 0 saturated heterocycles. The molecule has 3 aromatic rings. The largest absolute Gasteiger partial charge is 0.424 e. The molecule has 21 heavy (non-hydrogen) atoms. The van der Waals surface area contributed by atoms with Gasteiger partial charge in [-0.25, -0.2) is 4.98 Å². The van der Waals surface area contributed by atoms with Gasteiger partial charge in [-0.15, -0.1) is 0 Å². The Kier molecular flexibility index (Phi) is 3.71. The minimum atomic E-state index is -0.0840. The summed E-state index contributed by atoms with van der Waals surface area (Å²) in [7, 11) is 0. The van der Waals surface area contributed by atoms with Gasteiger partial charge in [-0.3, -0.25) is 0 Å². The van der Waals surface area contributed by atoms with Crippen molar-refractivity contribution in [2.75, 3.05) is 0 Å². The van der Waals surface area contributed by atoms with Crippen molar-refractivity contribution in [3.8, 4) is 17.7 Å². The molecule has 3 rings (SSSR count). The van der Waals surface area contributed by atoms with E-state index in [1.54, 1.807) is 24.3 Å². The molecule has 0 aliphatic heterocycles. The molecule has 0 unspecified atom stereocenters. The Hall–Kier alpha value is -2.58. The van der Waals surface area contributed by atoms with Crippen molar-refractivity contribution in [3.63, 3.8) is 0 Å². The zero-order valence-corrected chi connectivity index (χ0v) is 11.3. The predicted molar refractivity (Wildman–Crippen MR) is 72.2 cm³/mol. The molecule has 9 heteroatoms. The maximum absolute atomic E-state index is 9.10. The van der Waals surface area contributed by atoms with Crippen LogP contribution in [-0.4, -0.2) is 34.8 Å². The third-order valence-electron chi connectivity index (χ3n) is 2.49. The van der Waals surface area contributed by atoms with Gasteiger partial charge < -0.3 is 9.84 Å². The first-order valence-corrected chi connectivity index (χ1v) is 6.26. The third-order valence-corrected chi connectivity index (χ3v) is 2.66. The van der Waals surface area contributed by atoms with Crippen LogP contribution in [0.4, 0.5) is 0 Å². The highest BCUT2D eigenvalue weighted by atomic mass is 35.5. The van der Waals surface area contributed by atoms with Crippen molar-refractivity contribution in [1.29, 1.82) is 0 Å². The van der Waals surface area contributed by atoms with Gasteiger partial charge in [-0.1, -0.05) is 12.1 Å². The Morgan fingerprint density at radius 1 is 1.24 bits per heavy atom. The minimum absolute atomic E-state index is 0.0237. The number of ether oxygens (including phenoxy) is 1. The summed E-state index contributed by atoms with van der Waals surface area (Å²) < 4.78 is 6.86. The van der Waals surface area contributed by atoms with Gasteiger partial charge in [-0.05, 0) is 29.3 Å². The summed E-state index contributed by atoms with van der Waals surface area (Å²) in [6, 6.07) is 6.94. The van der Waals surface area contributed by atoms with E-state index in [-0.39, 0.29) is 23.8 Å². The number of benzene rings is 1. The third kappa shape index (κ3) is 3.12. The molecule has 2 heterocycles. The van der Waals surface area contributed by atoms with Crippen molar-refractivity contribution in [3.05, 3.63) is 47.8 Å². The summed E-state index contributed by atoms with van der Waals surface area (Å²) in [4.78, 5) is 15.7. The number of hydrogen-bond acceptors (Lipinski definition) is 7. The number of halogens is 1. The van der Waals surface area contributed by atoms with Crippen LogP contribution in [0.3, 0.4) is 0 Å². The molecule has 0 bridgehead atoms. The van der Waals surface area contributed by atoms with Gasteiger partial charge in [-0.2, -0.15) is 24.7 Å². The lowest BCUT2D eigenvalue weighted by Gasteiger charge is -2.06. The zero-order chi connectivity index (χ0) is 14.7. The van der Waals surface area contributed by atoms with E-state index in [0.29, 0.717) is 11.3 Å². The van der Waals surface area contributed by atoms with Crippen molar-refractivity contribution >= 4 is 11.6 Å². The van der Waals surface area contributed by atoms with Crippen LogP contribution in [0, 0.1) is 0 Å². The molecule has 0 saturated carbocycles. The zero-order valence-electron chi connectivity index (χ0n) is 10.6. The Balaban J connectivity index is 1.91. The number of aliphatic hydroxyl groups excluding tert-OH is 1. The summed E-state index contributed by atoms with van der Waals surface area (Å²) in [5, 5.41) is 13.0. The van der Waals surface area contributed by atoms with E-state index < -0.39 is 0 Å². The van der Waals surface area contributed by atoms with Crippen LogP contribution in [0.15, 0.2) is 36.9 Å². The average molecular weight is 305 g/mol. The van der Waals surface area contributed by atoms with Gasteiger partial charge in [0.05, 0.1) is 6.61 Å². The van der Waals surface area contributed by atoms with E-state index in [1.807, 2.05) is 0 Å². The first-order valence-electron chi connectivity index (χ1n) is 5.89. The Morgan fingerprint density at radius 2 is 2.14 bits per heavy atom. The summed E-state index contributed by atoms with van der Waals surface area (Å²) >= 11 is 5.85. The molecule has 0 atom stereocenters. The molecule has 0 radical (unpaired) electrons. The SMILES string of the molecule is OCc1cccc(Oc2nc(Cl)nc(-n3cncn3)n2)c1. The molecule has 1 aromatic carbocycles. The monoisotopic (exact) mass is 304 g/mol. The van der Waals surface area contributed by atoms with Crippen LogP contribution < -0.4 is 4.74 Å². The lowest BCUT2D eigenvalue weighted by atomic mass is 10.2. The molecule has 0 aliphatic rings. The molecule has 0 amide bonds. The van der Waals surface area contributed by atoms with Crippen LogP contribution >= 0.6 is 11.6 Å². The second-order valence-electron chi connectivity index (χ2n) is 3.93. The molecule has 106 valence electrons. The quantitative estimate of drug-likeness (QED) is 0.777. The number of rotatable bonds is 4. The maximum Gasteiger partial charge on any atom is 0.328 e. The Bertz CT molecular complexity index is 749. The lowest BCUT2D eigenvalue weighted by molar-refractivity contribution is 0.281. The van der Waals surface area contributed by atoms with E-state index in [1.165, 1.54) is 17.3 Å². The van der Waals surface area contributed by atoms with Gasteiger partial charge >= 0.3 is 6.01 Å². The fourth-order valence-corrected chi connectivity index (χ4v) is 1.74. The van der Waals surface area contributed by atoms with Crippen molar-refractivity contribution in [2.24, 2.45) is 0 Å². The fraction of sp³-hybridized carbons (Fsp3) is 0.0833. The van der Waals surface area contributed by atoms with Crippen molar-refractivity contribution < 1.29 is 9.84 Å². The molecule has 0 spiro atoms. The summed E-state index contributed by atoms with van der Waals surface area (Å²) in [5.74, 6) is 0.675. The van der Waals surface area contributed by atoms with E-state index >= 15 is 0 Å². The van der Waals surface area contributed by atoms with Gasteiger partial charge in [0.25, 0.3) is 5.95 Å². The van der Waals surface area contributed by atoms with Crippen LogP contribution in [-0.2, 0) is 6.61 Å². The van der Waals surface area contributed by atoms with E-state index in [4.69, 9.17) is 21.4 Å². The van der Waals surface area contributed by atoms with Crippen LogP contribution in [0.25, 0.3) is 5.95 Å². The Labute approximate surface area is 124 Å². The van der Waals surface area contributed by atoms with Gasteiger partial charge in [0.1, 0.15) is 18.4 Å². The first kappa shape index (κ1) is 13.4. The second-order valence-corrected chi connectivity index (χ2v) is 4.27. The Morgan fingerprint density at radius 3 is 2.90 bits per heavy atom. The summed E-state index contributed by atoms with van der Waals surface area (Å²) in [5.41, 5.74) is 0.712. The average Bonchev–Trinajstić information content (AvgIpc) is 3.01. The topological polar surface area (TPSA) is 98.8 Å². The highest BCUT2D eigenvalue weighted by Gasteiger charge is 2.09. The van der Waals surface area contributed by atoms with Crippen molar-refractivity contribution in [2.45, 2.75) is 6.61 Å². The number of aliphatic hydroxyl groups is 1. The molecule has 2 aromatic heterocycles. The smallest absolute Gasteiger partial charge is 0.328 e. The van der Waals surface area contributed by atoms with Crippen LogP contribution in [0.2, 0.25) is 5.28 Å². The predicted octanol–water partition coefficient (Wildman–Crippen LogP) is 1.39.